The van der Waals surface area contributed by atoms with Crippen LogP contribution in [-0.4, -0.2) is 6.61 Å². The molecule has 1 aromatic carbocycles. The molecule has 1 fully saturated rings. The second-order valence-electron chi connectivity index (χ2n) is 4.78. The fourth-order valence-electron chi connectivity index (χ4n) is 2.28. The van der Waals surface area contributed by atoms with Crippen LogP contribution in [0.25, 0.3) is 0 Å². The van der Waals surface area contributed by atoms with E-state index >= 15 is 0 Å². The van der Waals surface area contributed by atoms with E-state index in [0.717, 1.165) is 12.4 Å². The maximum Gasteiger partial charge on any atom is 0.125 e. The third kappa shape index (κ3) is 2.22. The minimum Gasteiger partial charge on any atom is -0.493 e. The number of rotatable bonds is 4. The summed E-state index contributed by atoms with van der Waals surface area (Å²) in [5.41, 5.74) is 9.89. The van der Waals surface area contributed by atoms with E-state index in [9.17, 15) is 0 Å². The average molecular weight is 219 g/mol. The van der Waals surface area contributed by atoms with Crippen LogP contribution in [0.4, 0.5) is 0 Å². The zero-order valence-corrected chi connectivity index (χ0v) is 10.4. The van der Waals surface area contributed by atoms with Crippen LogP contribution >= 0.6 is 0 Å². The molecule has 0 spiro atoms. The second-order valence-corrected chi connectivity index (χ2v) is 4.78. The molecule has 2 heteroatoms. The molecule has 0 saturated heterocycles. The Morgan fingerprint density at radius 1 is 1.31 bits per heavy atom. The molecule has 2 N–H and O–H groups in total. The summed E-state index contributed by atoms with van der Waals surface area (Å²) in [6.07, 6.45) is 2.57. The quantitative estimate of drug-likeness (QED) is 0.844. The van der Waals surface area contributed by atoms with Crippen molar-refractivity contribution in [3.8, 4) is 5.75 Å². The fourth-order valence-corrected chi connectivity index (χ4v) is 2.28. The van der Waals surface area contributed by atoms with Gasteiger partial charge in [-0.3, -0.25) is 0 Å². The van der Waals surface area contributed by atoms with Gasteiger partial charge in [0, 0.05) is 6.04 Å². The molecule has 1 aliphatic carbocycles. The van der Waals surface area contributed by atoms with Crippen molar-refractivity contribution in [1.29, 1.82) is 0 Å². The Kier molecular flexibility index (Phi) is 3.20. The van der Waals surface area contributed by atoms with E-state index < -0.39 is 0 Å². The molecule has 1 saturated carbocycles. The first-order chi connectivity index (χ1) is 7.63. The van der Waals surface area contributed by atoms with Crippen molar-refractivity contribution in [2.45, 2.75) is 39.7 Å². The molecule has 0 aliphatic heterocycles. The molecule has 0 aromatic heterocycles. The van der Waals surface area contributed by atoms with Crippen molar-refractivity contribution in [3.63, 3.8) is 0 Å². The predicted molar refractivity (Wildman–Crippen MR) is 66.7 cm³/mol. The van der Waals surface area contributed by atoms with Gasteiger partial charge in [-0.15, -0.1) is 0 Å². The van der Waals surface area contributed by atoms with Crippen LogP contribution in [-0.2, 0) is 0 Å². The first-order valence-electron chi connectivity index (χ1n) is 6.13. The Morgan fingerprint density at radius 3 is 2.31 bits per heavy atom. The molecule has 1 aromatic rings. The molecule has 2 rings (SSSR count). The summed E-state index contributed by atoms with van der Waals surface area (Å²) in [5.74, 6) is 1.73. The van der Waals surface area contributed by atoms with Gasteiger partial charge < -0.3 is 10.5 Å². The summed E-state index contributed by atoms with van der Waals surface area (Å²) in [6.45, 7) is 6.93. The van der Waals surface area contributed by atoms with Crippen molar-refractivity contribution < 1.29 is 4.74 Å². The van der Waals surface area contributed by atoms with E-state index in [-0.39, 0.29) is 6.04 Å². The number of ether oxygens (including phenoxy) is 1. The van der Waals surface area contributed by atoms with Crippen LogP contribution in [0, 0.1) is 19.8 Å². The van der Waals surface area contributed by atoms with Crippen molar-refractivity contribution >= 4 is 0 Å². The van der Waals surface area contributed by atoms with Gasteiger partial charge in [-0.1, -0.05) is 12.1 Å². The summed E-state index contributed by atoms with van der Waals surface area (Å²) in [5, 5.41) is 0. The molecular formula is C14H21NO. The SMILES string of the molecule is CCOc1c(C)cc(C(N)C2CC2)cc1C. The topological polar surface area (TPSA) is 35.2 Å². The average Bonchev–Trinajstić information content (AvgIpc) is 3.05. The van der Waals surface area contributed by atoms with E-state index in [4.69, 9.17) is 10.5 Å². The number of hydrogen-bond acceptors (Lipinski definition) is 2. The zero-order valence-electron chi connectivity index (χ0n) is 10.4. The smallest absolute Gasteiger partial charge is 0.125 e. The molecule has 1 aliphatic rings. The van der Waals surface area contributed by atoms with Crippen molar-refractivity contribution in [2.75, 3.05) is 6.61 Å². The highest BCUT2D eigenvalue weighted by molar-refractivity contribution is 5.44. The summed E-state index contributed by atoms with van der Waals surface area (Å²) in [6, 6.07) is 4.58. The highest BCUT2D eigenvalue weighted by Crippen LogP contribution is 2.40. The van der Waals surface area contributed by atoms with E-state index in [1.54, 1.807) is 0 Å². The molecule has 1 atom stereocenters. The van der Waals surface area contributed by atoms with Crippen molar-refractivity contribution in [1.82, 2.24) is 0 Å². The monoisotopic (exact) mass is 219 g/mol. The summed E-state index contributed by atoms with van der Waals surface area (Å²) < 4.78 is 5.64. The fraction of sp³-hybridized carbons (Fsp3) is 0.571. The second kappa shape index (κ2) is 4.46. The Hall–Kier alpha value is -1.02. The van der Waals surface area contributed by atoms with Crippen LogP contribution in [0.5, 0.6) is 5.75 Å². The van der Waals surface area contributed by atoms with Crippen LogP contribution in [0.2, 0.25) is 0 Å². The minimum absolute atomic E-state index is 0.216. The Balaban J connectivity index is 2.28. The summed E-state index contributed by atoms with van der Waals surface area (Å²) in [7, 11) is 0. The summed E-state index contributed by atoms with van der Waals surface area (Å²) >= 11 is 0. The van der Waals surface area contributed by atoms with Gasteiger partial charge in [0.15, 0.2) is 0 Å². The van der Waals surface area contributed by atoms with E-state index in [0.29, 0.717) is 5.92 Å². The molecule has 0 amide bonds. The lowest BCUT2D eigenvalue weighted by atomic mass is 9.98. The standard InChI is InChI=1S/C14H21NO/c1-4-16-14-9(2)7-12(8-10(14)3)13(15)11-5-6-11/h7-8,11,13H,4-6,15H2,1-3H3. The Labute approximate surface area is 97.8 Å². The van der Waals surface area contributed by atoms with Gasteiger partial charge in [0.25, 0.3) is 0 Å². The van der Waals surface area contributed by atoms with Crippen LogP contribution in [0.1, 0.15) is 42.5 Å². The first kappa shape index (κ1) is 11.5. The third-order valence-corrected chi connectivity index (χ3v) is 3.29. The predicted octanol–water partition coefficient (Wildman–Crippen LogP) is 3.11. The van der Waals surface area contributed by atoms with Crippen LogP contribution < -0.4 is 10.5 Å². The summed E-state index contributed by atoms with van der Waals surface area (Å²) in [4.78, 5) is 0. The Bertz CT molecular complexity index is 359. The molecule has 0 bridgehead atoms. The van der Waals surface area contributed by atoms with Gasteiger partial charge in [-0.2, -0.15) is 0 Å². The third-order valence-electron chi connectivity index (χ3n) is 3.29. The first-order valence-corrected chi connectivity index (χ1v) is 6.13. The molecular weight excluding hydrogens is 198 g/mol. The van der Waals surface area contributed by atoms with Gasteiger partial charge in [-0.25, -0.2) is 0 Å². The highest BCUT2D eigenvalue weighted by Gasteiger charge is 2.29. The van der Waals surface area contributed by atoms with Crippen LogP contribution in [0.3, 0.4) is 0 Å². The number of nitrogens with two attached hydrogens (primary N) is 1. The number of aryl methyl sites for hydroxylation is 2. The van der Waals surface area contributed by atoms with Crippen molar-refractivity contribution in [2.24, 2.45) is 11.7 Å². The maximum absolute atomic E-state index is 6.22. The molecule has 16 heavy (non-hydrogen) atoms. The van der Waals surface area contributed by atoms with E-state index in [1.165, 1.54) is 29.5 Å². The van der Waals surface area contributed by atoms with Crippen LogP contribution in [0.15, 0.2) is 12.1 Å². The Morgan fingerprint density at radius 2 is 1.88 bits per heavy atom. The van der Waals surface area contributed by atoms with Gasteiger partial charge in [-0.05, 0) is 56.2 Å². The van der Waals surface area contributed by atoms with E-state index in [2.05, 4.69) is 26.0 Å². The lowest BCUT2D eigenvalue weighted by Crippen LogP contribution is -2.13. The zero-order chi connectivity index (χ0) is 11.7. The largest absolute Gasteiger partial charge is 0.493 e. The maximum atomic E-state index is 6.22. The molecule has 88 valence electrons. The normalized spacial score (nSPS) is 17.2. The lowest BCUT2D eigenvalue weighted by Gasteiger charge is -2.16. The molecule has 0 heterocycles. The van der Waals surface area contributed by atoms with Gasteiger partial charge in [0.1, 0.15) is 5.75 Å². The van der Waals surface area contributed by atoms with Gasteiger partial charge >= 0.3 is 0 Å². The lowest BCUT2D eigenvalue weighted by molar-refractivity contribution is 0.335. The highest BCUT2D eigenvalue weighted by atomic mass is 16.5. The van der Waals surface area contributed by atoms with E-state index in [1.807, 2.05) is 6.92 Å². The molecule has 2 nitrogen and oxygen atoms in total. The molecule has 0 radical (unpaired) electrons. The number of hydrogen-bond donors (Lipinski definition) is 1. The minimum atomic E-state index is 0.216. The van der Waals surface area contributed by atoms with Gasteiger partial charge in [0.05, 0.1) is 6.61 Å². The van der Waals surface area contributed by atoms with Gasteiger partial charge in [0.2, 0.25) is 0 Å². The molecule has 1 unspecified atom stereocenters. The number of benzene rings is 1. The van der Waals surface area contributed by atoms with Crippen molar-refractivity contribution in [3.05, 3.63) is 28.8 Å².